The molecule has 7 heteroatoms. The Kier molecular flexibility index (Phi) is 4.62. The molecule has 0 bridgehead atoms. The quantitative estimate of drug-likeness (QED) is 0.875. The Labute approximate surface area is 129 Å². The molecular weight excluding hydrogens is 314 g/mol. The number of nitrogens with zero attached hydrogens (tertiary/aromatic N) is 1. The molecule has 1 unspecified atom stereocenters. The summed E-state index contributed by atoms with van der Waals surface area (Å²) in [4.78, 5) is 11.3. The van der Waals surface area contributed by atoms with Crippen LogP contribution in [0, 0.1) is 6.92 Å². The Morgan fingerprint density at radius 1 is 1.24 bits per heavy atom. The minimum atomic E-state index is -2.71. The lowest BCUT2D eigenvalue weighted by Gasteiger charge is -2.28. The highest BCUT2D eigenvalue weighted by Crippen LogP contribution is 2.36. The minimum Gasteiger partial charge on any atom is -0.755 e. The lowest BCUT2D eigenvalue weighted by atomic mass is 10.1. The number of para-hydroxylation sites is 1. The fourth-order valence-electron chi connectivity index (χ4n) is 1.86. The van der Waals surface area contributed by atoms with Gasteiger partial charge >= 0.3 is 5.97 Å². The second-order valence-electron chi connectivity index (χ2n) is 4.29. The third-order valence-corrected chi connectivity index (χ3v) is 3.83. The molecule has 2 aromatic carbocycles. The van der Waals surface area contributed by atoms with E-state index >= 15 is 0 Å². The van der Waals surface area contributed by atoms with Gasteiger partial charge in [0.05, 0.1) is 33.2 Å². The second kappa shape index (κ2) is 6.26. The lowest BCUT2D eigenvalue weighted by Crippen LogP contribution is -2.22. The summed E-state index contributed by atoms with van der Waals surface area (Å²) in [6.45, 7) is 1.86. The first-order valence-corrected chi connectivity index (χ1v) is 7.30. The molecule has 0 saturated carbocycles. The molecular formula is C14H11ClNO4S-. The normalized spacial score (nSPS) is 12.0. The van der Waals surface area contributed by atoms with Crippen molar-refractivity contribution in [2.45, 2.75) is 6.92 Å². The average Bonchev–Trinajstić information content (AvgIpc) is 2.42. The van der Waals surface area contributed by atoms with Crippen LogP contribution in [0.3, 0.4) is 0 Å². The van der Waals surface area contributed by atoms with E-state index in [1.54, 1.807) is 24.3 Å². The van der Waals surface area contributed by atoms with E-state index in [-0.39, 0.29) is 16.3 Å². The van der Waals surface area contributed by atoms with Crippen LogP contribution in [0.2, 0.25) is 5.02 Å². The zero-order valence-corrected chi connectivity index (χ0v) is 12.5. The van der Waals surface area contributed by atoms with Crippen LogP contribution in [0.1, 0.15) is 15.9 Å². The third kappa shape index (κ3) is 3.24. The van der Waals surface area contributed by atoms with Crippen LogP contribution >= 0.6 is 11.6 Å². The van der Waals surface area contributed by atoms with Gasteiger partial charge in [-0.2, -0.15) is 0 Å². The molecule has 0 spiro atoms. The lowest BCUT2D eigenvalue weighted by molar-refractivity contribution is 0.0698. The van der Waals surface area contributed by atoms with Gasteiger partial charge in [-0.25, -0.2) is 4.79 Å². The van der Waals surface area contributed by atoms with Crippen LogP contribution < -0.4 is 4.31 Å². The molecule has 5 nitrogen and oxygen atoms in total. The molecule has 0 amide bonds. The molecule has 21 heavy (non-hydrogen) atoms. The number of rotatable bonds is 4. The van der Waals surface area contributed by atoms with E-state index in [1.165, 1.54) is 18.2 Å². The van der Waals surface area contributed by atoms with Gasteiger partial charge in [0.2, 0.25) is 0 Å². The maximum Gasteiger partial charge on any atom is 0.337 e. The molecule has 1 N–H and O–H groups in total. The standard InChI is InChI=1S/C14H12ClNO4S/c1-9-5-7-10(8-6-9)16(21(19)20)13-11(14(17)18)3-2-4-12(13)15/h2-8H,1H3,(H,17,18)(H,19,20)/p-1. The van der Waals surface area contributed by atoms with Gasteiger partial charge < -0.3 is 9.66 Å². The number of halogens is 1. The number of hydrogen-bond donors (Lipinski definition) is 1. The van der Waals surface area contributed by atoms with Gasteiger partial charge in [0, 0.05) is 0 Å². The van der Waals surface area contributed by atoms with E-state index in [2.05, 4.69) is 0 Å². The fraction of sp³-hybridized carbons (Fsp3) is 0.0714. The van der Waals surface area contributed by atoms with Crippen LogP contribution in [0.4, 0.5) is 11.4 Å². The van der Waals surface area contributed by atoms with Crippen molar-refractivity contribution < 1.29 is 18.7 Å². The van der Waals surface area contributed by atoms with Gasteiger partial charge in [-0.3, -0.25) is 8.51 Å². The summed E-state index contributed by atoms with van der Waals surface area (Å²) in [7, 11) is 0. The van der Waals surface area contributed by atoms with Gasteiger partial charge in [0.25, 0.3) is 0 Å². The number of benzene rings is 2. The van der Waals surface area contributed by atoms with Crippen LogP contribution in [-0.2, 0) is 11.3 Å². The van der Waals surface area contributed by atoms with Gasteiger partial charge in [-0.1, -0.05) is 35.4 Å². The van der Waals surface area contributed by atoms with E-state index < -0.39 is 17.2 Å². The minimum absolute atomic E-state index is 0.0414. The largest absolute Gasteiger partial charge is 0.755 e. The average molecular weight is 325 g/mol. The molecule has 0 saturated heterocycles. The Hall–Kier alpha value is -1.89. The maximum atomic E-state index is 11.6. The number of carboxylic acid groups (broad SMARTS) is 1. The predicted molar refractivity (Wildman–Crippen MR) is 80.6 cm³/mol. The van der Waals surface area contributed by atoms with Crippen LogP contribution in [-0.4, -0.2) is 19.8 Å². The third-order valence-electron chi connectivity index (χ3n) is 2.84. The van der Waals surface area contributed by atoms with Gasteiger partial charge in [-0.15, -0.1) is 0 Å². The molecule has 0 fully saturated rings. The van der Waals surface area contributed by atoms with Crippen LogP contribution in [0.5, 0.6) is 0 Å². The van der Waals surface area contributed by atoms with Crippen molar-refractivity contribution in [2.75, 3.05) is 4.31 Å². The molecule has 2 aromatic rings. The van der Waals surface area contributed by atoms with Crippen molar-refractivity contribution in [1.29, 1.82) is 0 Å². The first-order chi connectivity index (χ1) is 9.91. The molecule has 0 aliphatic rings. The number of aromatic carboxylic acids is 1. The Morgan fingerprint density at radius 2 is 1.86 bits per heavy atom. The van der Waals surface area contributed by atoms with E-state index in [1.807, 2.05) is 6.92 Å². The van der Waals surface area contributed by atoms with E-state index in [4.69, 9.17) is 11.6 Å². The summed E-state index contributed by atoms with van der Waals surface area (Å²) in [5.41, 5.74) is 0.994. The summed E-state index contributed by atoms with van der Waals surface area (Å²) >= 11 is 3.30. The van der Waals surface area contributed by atoms with Crippen molar-refractivity contribution in [1.82, 2.24) is 0 Å². The summed E-state index contributed by atoms with van der Waals surface area (Å²) in [6.07, 6.45) is 0. The second-order valence-corrected chi connectivity index (χ2v) is 5.49. The zero-order valence-electron chi connectivity index (χ0n) is 10.9. The fourth-order valence-corrected chi connectivity index (χ4v) is 2.81. The van der Waals surface area contributed by atoms with E-state index in [0.29, 0.717) is 5.69 Å². The van der Waals surface area contributed by atoms with Crippen molar-refractivity contribution >= 4 is 40.2 Å². The number of carboxylic acids is 1. The molecule has 0 aliphatic heterocycles. The zero-order chi connectivity index (χ0) is 15.6. The highest BCUT2D eigenvalue weighted by molar-refractivity contribution is 7.81. The smallest absolute Gasteiger partial charge is 0.337 e. The number of carbonyl (C=O) groups is 1. The molecule has 2 rings (SSSR count). The first-order valence-electron chi connectivity index (χ1n) is 5.90. The summed E-state index contributed by atoms with van der Waals surface area (Å²) in [5, 5.41) is 9.27. The Morgan fingerprint density at radius 3 is 2.38 bits per heavy atom. The highest BCUT2D eigenvalue weighted by Gasteiger charge is 2.21. The molecule has 110 valence electrons. The van der Waals surface area contributed by atoms with Crippen molar-refractivity contribution in [3.8, 4) is 0 Å². The predicted octanol–water partition coefficient (Wildman–Crippen LogP) is 3.28. The van der Waals surface area contributed by atoms with Crippen molar-refractivity contribution in [3.05, 3.63) is 58.6 Å². The van der Waals surface area contributed by atoms with Crippen LogP contribution in [0.25, 0.3) is 0 Å². The topological polar surface area (TPSA) is 80.7 Å². The van der Waals surface area contributed by atoms with Gasteiger partial charge in [0.15, 0.2) is 0 Å². The van der Waals surface area contributed by atoms with E-state index in [0.717, 1.165) is 9.87 Å². The SMILES string of the molecule is Cc1ccc(N(c2c(Cl)cccc2C(=O)O)S(=O)[O-])cc1. The molecule has 1 atom stereocenters. The van der Waals surface area contributed by atoms with E-state index in [9.17, 15) is 18.7 Å². The first kappa shape index (κ1) is 15.5. The monoisotopic (exact) mass is 324 g/mol. The maximum absolute atomic E-state index is 11.6. The number of anilines is 2. The molecule has 0 heterocycles. The summed E-state index contributed by atoms with van der Waals surface area (Å²) < 4.78 is 24.0. The number of hydrogen-bond acceptors (Lipinski definition) is 3. The molecule has 0 aromatic heterocycles. The van der Waals surface area contributed by atoms with Crippen molar-refractivity contribution in [2.24, 2.45) is 0 Å². The Balaban J connectivity index is 2.67. The summed E-state index contributed by atoms with van der Waals surface area (Å²) in [6, 6.07) is 10.8. The van der Waals surface area contributed by atoms with Gasteiger partial charge in [-0.05, 0) is 31.2 Å². The van der Waals surface area contributed by atoms with Crippen LogP contribution in [0.15, 0.2) is 42.5 Å². The summed E-state index contributed by atoms with van der Waals surface area (Å²) in [5.74, 6) is -1.25. The Bertz CT molecular complexity index is 703. The van der Waals surface area contributed by atoms with Gasteiger partial charge in [0.1, 0.15) is 0 Å². The highest BCUT2D eigenvalue weighted by atomic mass is 35.5. The molecule has 0 aliphatic carbocycles. The molecule has 0 radical (unpaired) electrons. The number of aryl methyl sites for hydroxylation is 1. The van der Waals surface area contributed by atoms with Crippen molar-refractivity contribution in [3.63, 3.8) is 0 Å².